The minimum Gasteiger partial charge on any atom is -0.365 e. The molecule has 34 heavy (non-hydrogen) atoms. The topological polar surface area (TPSA) is 143 Å². The number of aryl methyl sites for hydroxylation is 1. The molecule has 0 bridgehead atoms. The lowest BCUT2D eigenvalue weighted by atomic mass is 10.1. The van der Waals surface area contributed by atoms with Gasteiger partial charge in [0.25, 0.3) is 0 Å². The van der Waals surface area contributed by atoms with E-state index in [0.717, 1.165) is 12.8 Å². The SMILES string of the molecule is Cn1nnnc1-c1cc(N[C@@H]2CCCN(C(=O)CC#N)C2)nc(-c2cnc3ccc(F)cn23)n1. The van der Waals surface area contributed by atoms with Crippen LogP contribution in [0, 0.1) is 17.1 Å². The van der Waals surface area contributed by atoms with Crippen LogP contribution in [0.1, 0.15) is 19.3 Å². The Kier molecular flexibility index (Phi) is 5.54. The second-order valence-corrected chi connectivity index (χ2v) is 7.97. The van der Waals surface area contributed by atoms with Gasteiger partial charge in [-0.05, 0) is 35.4 Å². The van der Waals surface area contributed by atoms with Gasteiger partial charge in [0, 0.05) is 38.4 Å². The lowest BCUT2D eigenvalue weighted by Gasteiger charge is -2.33. The van der Waals surface area contributed by atoms with E-state index >= 15 is 0 Å². The van der Waals surface area contributed by atoms with Gasteiger partial charge in [-0.1, -0.05) is 0 Å². The fourth-order valence-electron chi connectivity index (χ4n) is 4.03. The molecule has 0 spiro atoms. The number of nitrogens with zero attached hydrogens (tertiary/aromatic N) is 10. The molecule has 0 aromatic carbocycles. The zero-order chi connectivity index (χ0) is 23.7. The van der Waals surface area contributed by atoms with Crippen LogP contribution in [0.2, 0.25) is 0 Å². The van der Waals surface area contributed by atoms with Gasteiger partial charge in [-0.2, -0.15) is 5.26 Å². The molecular weight excluding hydrogens is 441 g/mol. The normalized spacial score (nSPS) is 15.9. The maximum Gasteiger partial charge on any atom is 0.236 e. The Bertz CT molecular complexity index is 1410. The molecule has 1 saturated heterocycles. The van der Waals surface area contributed by atoms with Gasteiger partial charge in [0.15, 0.2) is 5.82 Å². The van der Waals surface area contributed by atoms with E-state index in [0.29, 0.717) is 47.6 Å². The third-order valence-corrected chi connectivity index (χ3v) is 5.63. The third-order valence-electron chi connectivity index (χ3n) is 5.63. The van der Waals surface area contributed by atoms with Crippen molar-refractivity contribution in [3.63, 3.8) is 0 Å². The van der Waals surface area contributed by atoms with Crippen molar-refractivity contribution in [3.05, 3.63) is 36.4 Å². The summed E-state index contributed by atoms with van der Waals surface area (Å²) in [5, 5.41) is 23.8. The predicted molar refractivity (Wildman–Crippen MR) is 117 cm³/mol. The lowest BCUT2D eigenvalue weighted by molar-refractivity contribution is -0.131. The highest BCUT2D eigenvalue weighted by molar-refractivity contribution is 5.78. The molecule has 1 N–H and O–H groups in total. The smallest absolute Gasteiger partial charge is 0.236 e. The van der Waals surface area contributed by atoms with E-state index in [9.17, 15) is 9.18 Å². The van der Waals surface area contributed by atoms with Crippen LogP contribution in [0.4, 0.5) is 10.2 Å². The number of likely N-dealkylation sites (tertiary alicyclic amines) is 1. The molecule has 5 rings (SSSR count). The predicted octanol–water partition coefficient (Wildman–Crippen LogP) is 1.44. The van der Waals surface area contributed by atoms with Crippen molar-refractivity contribution in [1.29, 1.82) is 5.26 Å². The van der Waals surface area contributed by atoms with Crippen LogP contribution in [0.15, 0.2) is 30.6 Å². The summed E-state index contributed by atoms with van der Waals surface area (Å²) >= 11 is 0. The number of imidazole rings is 1. The first-order chi connectivity index (χ1) is 16.5. The zero-order valence-electron chi connectivity index (χ0n) is 18.3. The molecule has 4 aromatic heterocycles. The van der Waals surface area contributed by atoms with Crippen molar-refractivity contribution in [2.75, 3.05) is 18.4 Å². The number of hydrogen-bond acceptors (Lipinski definition) is 9. The molecule has 12 nitrogen and oxygen atoms in total. The Morgan fingerprint density at radius 2 is 2.24 bits per heavy atom. The molecule has 0 saturated carbocycles. The van der Waals surface area contributed by atoms with Crippen molar-refractivity contribution < 1.29 is 9.18 Å². The molecule has 4 aromatic rings. The lowest BCUT2D eigenvalue weighted by Crippen LogP contribution is -2.45. The van der Waals surface area contributed by atoms with Gasteiger partial charge >= 0.3 is 0 Å². The summed E-state index contributed by atoms with van der Waals surface area (Å²) in [6, 6.07) is 6.49. The minimum atomic E-state index is -0.414. The van der Waals surface area contributed by atoms with Crippen molar-refractivity contribution in [2.24, 2.45) is 7.05 Å². The molecule has 1 fully saturated rings. The van der Waals surface area contributed by atoms with Gasteiger partial charge in [-0.3, -0.25) is 9.20 Å². The van der Waals surface area contributed by atoms with Gasteiger partial charge in [-0.15, -0.1) is 5.10 Å². The highest BCUT2D eigenvalue weighted by atomic mass is 19.1. The zero-order valence-corrected chi connectivity index (χ0v) is 18.3. The van der Waals surface area contributed by atoms with Crippen LogP contribution < -0.4 is 5.32 Å². The molecule has 0 radical (unpaired) electrons. The van der Waals surface area contributed by atoms with Crippen LogP contribution in [-0.4, -0.2) is 69.5 Å². The monoisotopic (exact) mass is 461 g/mol. The summed E-state index contributed by atoms with van der Waals surface area (Å²) in [6.45, 7) is 1.08. The molecule has 5 heterocycles. The number of nitriles is 1. The van der Waals surface area contributed by atoms with Crippen LogP contribution in [-0.2, 0) is 11.8 Å². The van der Waals surface area contributed by atoms with E-state index < -0.39 is 5.82 Å². The first kappa shape index (κ1) is 21.4. The molecule has 0 aliphatic carbocycles. The maximum atomic E-state index is 13.9. The van der Waals surface area contributed by atoms with Crippen molar-refractivity contribution in [3.8, 4) is 29.1 Å². The van der Waals surface area contributed by atoms with E-state index in [1.807, 2.05) is 6.07 Å². The van der Waals surface area contributed by atoms with E-state index in [1.54, 1.807) is 34.7 Å². The number of amides is 1. The minimum absolute atomic E-state index is 0.0655. The van der Waals surface area contributed by atoms with Gasteiger partial charge < -0.3 is 10.2 Å². The number of aromatic nitrogens is 8. The summed E-state index contributed by atoms with van der Waals surface area (Å²) in [4.78, 5) is 27.5. The Hall–Kier alpha value is -4.47. The fourth-order valence-corrected chi connectivity index (χ4v) is 4.03. The highest BCUT2D eigenvalue weighted by Gasteiger charge is 2.24. The molecule has 13 heteroatoms. The van der Waals surface area contributed by atoms with Gasteiger partial charge in [0.05, 0.1) is 12.3 Å². The quantitative estimate of drug-likeness (QED) is 0.467. The van der Waals surface area contributed by atoms with Crippen molar-refractivity contribution >= 4 is 17.4 Å². The summed E-state index contributed by atoms with van der Waals surface area (Å²) in [5.41, 5.74) is 1.53. The number of halogens is 1. The Morgan fingerprint density at radius 1 is 1.35 bits per heavy atom. The maximum absolute atomic E-state index is 13.9. The first-order valence-electron chi connectivity index (χ1n) is 10.7. The summed E-state index contributed by atoms with van der Waals surface area (Å²) in [5.74, 6) is 0.656. The number of nitrogens with one attached hydrogen (secondary N) is 1. The fraction of sp³-hybridized carbons (Fsp3) is 0.333. The number of hydrogen-bond donors (Lipinski definition) is 1. The van der Waals surface area contributed by atoms with Crippen LogP contribution in [0.3, 0.4) is 0 Å². The number of pyridine rings is 1. The Balaban J connectivity index is 1.52. The van der Waals surface area contributed by atoms with Gasteiger partial charge in [0.2, 0.25) is 11.7 Å². The summed E-state index contributed by atoms with van der Waals surface area (Å²) in [7, 11) is 1.70. The number of carbonyl (C=O) groups excluding carboxylic acids is 1. The Morgan fingerprint density at radius 3 is 3.03 bits per heavy atom. The molecule has 172 valence electrons. The number of piperidine rings is 1. The van der Waals surface area contributed by atoms with Crippen LogP contribution >= 0.6 is 0 Å². The van der Waals surface area contributed by atoms with Crippen molar-refractivity contribution in [2.45, 2.75) is 25.3 Å². The number of carbonyl (C=O) groups is 1. The molecular formula is C21H20FN11O. The van der Waals surface area contributed by atoms with Gasteiger partial charge in [-0.25, -0.2) is 24.0 Å². The standard InChI is InChI=1S/C21H20FN11O/c1-31-21(28-29-30-31)15-9-17(25-14-3-2-8-32(12-14)19(34)6-7-23)27-20(26-15)16-10-24-18-5-4-13(22)11-33(16)18/h4-5,9-11,14H,2-3,6,8,12H2,1H3,(H,25,26,27)/t14-/m1/s1. The molecule has 1 aliphatic rings. The van der Waals surface area contributed by atoms with Crippen LogP contribution in [0.5, 0.6) is 0 Å². The highest BCUT2D eigenvalue weighted by Crippen LogP contribution is 2.25. The molecule has 1 amide bonds. The van der Waals surface area contributed by atoms with E-state index in [1.165, 1.54) is 16.9 Å². The number of fused-ring (bicyclic) bond motifs is 1. The first-order valence-corrected chi connectivity index (χ1v) is 10.7. The summed E-state index contributed by atoms with van der Waals surface area (Å²) in [6.07, 6.45) is 4.40. The van der Waals surface area contributed by atoms with Crippen LogP contribution in [0.25, 0.3) is 28.7 Å². The second kappa shape index (κ2) is 8.81. The average Bonchev–Trinajstić information content (AvgIpc) is 3.45. The number of tetrazole rings is 1. The van der Waals surface area contributed by atoms with E-state index in [4.69, 9.17) is 5.26 Å². The number of anilines is 1. The average molecular weight is 461 g/mol. The van der Waals surface area contributed by atoms with E-state index in [2.05, 4.69) is 35.8 Å². The number of rotatable bonds is 5. The Labute approximate surface area is 193 Å². The molecule has 1 aliphatic heterocycles. The third kappa shape index (κ3) is 4.13. The summed E-state index contributed by atoms with van der Waals surface area (Å²) < 4.78 is 17.0. The largest absolute Gasteiger partial charge is 0.365 e. The van der Waals surface area contributed by atoms with E-state index in [-0.39, 0.29) is 18.4 Å². The van der Waals surface area contributed by atoms with Crippen molar-refractivity contribution in [1.82, 2.24) is 44.5 Å². The molecule has 1 atom stereocenters. The second-order valence-electron chi connectivity index (χ2n) is 7.97. The van der Waals surface area contributed by atoms with Gasteiger partial charge in [0.1, 0.15) is 35.1 Å². The molecule has 0 unspecified atom stereocenters.